The molecule has 0 fully saturated rings. The van der Waals surface area contributed by atoms with Gasteiger partial charge in [0.05, 0.1) is 16.6 Å². The van der Waals surface area contributed by atoms with Crippen LogP contribution in [0, 0.1) is 17.1 Å². The molecule has 0 radical (unpaired) electrons. The number of fused-ring (bicyclic) bond motifs is 1. The van der Waals surface area contributed by atoms with E-state index in [1.165, 1.54) is 12.1 Å². The molecule has 0 unspecified atom stereocenters. The third kappa shape index (κ3) is 2.03. The average Bonchev–Trinajstić information content (AvgIpc) is 2.85. The van der Waals surface area contributed by atoms with E-state index in [4.69, 9.17) is 10.4 Å². The van der Waals surface area contributed by atoms with E-state index in [0.29, 0.717) is 11.3 Å². The van der Waals surface area contributed by atoms with Crippen LogP contribution in [0.25, 0.3) is 16.6 Å². The summed E-state index contributed by atoms with van der Waals surface area (Å²) in [7, 11) is 0. The van der Waals surface area contributed by atoms with Crippen LogP contribution in [0.4, 0.5) is 4.39 Å². The lowest BCUT2D eigenvalue weighted by atomic mass is 10.2. The van der Waals surface area contributed by atoms with E-state index in [1.54, 1.807) is 10.8 Å². The lowest BCUT2D eigenvalue weighted by Crippen LogP contribution is -2.02. The van der Waals surface area contributed by atoms with E-state index in [2.05, 4.69) is 6.07 Å². The fraction of sp³-hybridized carbons (Fsp3) is 0. The fourth-order valence-electron chi connectivity index (χ4n) is 2.31. The summed E-state index contributed by atoms with van der Waals surface area (Å²) in [5.41, 5.74) is 1.33. The Kier molecular flexibility index (Phi) is 2.92. The first kappa shape index (κ1) is 12.9. The number of carboxylic acid groups (broad SMARTS) is 1. The van der Waals surface area contributed by atoms with Gasteiger partial charge in [0.15, 0.2) is 0 Å². The molecule has 0 amide bonds. The van der Waals surface area contributed by atoms with Gasteiger partial charge in [0, 0.05) is 17.3 Å². The largest absolute Gasteiger partial charge is 0.478 e. The Balaban J connectivity index is 2.24. The van der Waals surface area contributed by atoms with E-state index >= 15 is 0 Å². The van der Waals surface area contributed by atoms with Crippen LogP contribution in [0.5, 0.6) is 0 Å². The van der Waals surface area contributed by atoms with Crippen molar-refractivity contribution in [3.63, 3.8) is 0 Å². The maximum absolute atomic E-state index is 13.8. The summed E-state index contributed by atoms with van der Waals surface area (Å²) in [5, 5.41) is 18.8. The maximum Gasteiger partial charge on any atom is 0.338 e. The van der Waals surface area contributed by atoms with Crippen molar-refractivity contribution < 1.29 is 14.3 Å². The normalized spacial score (nSPS) is 10.5. The van der Waals surface area contributed by atoms with Gasteiger partial charge < -0.3 is 9.67 Å². The van der Waals surface area contributed by atoms with E-state index in [0.717, 1.165) is 17.0 Å². The first-order valence-electron chi connectivity index (χ1n) is 6.15. The number of carboxylic acids is 1. The van der Waals surface area contributed by atoms with Crippen molar-refractivity contribution in [1.82, 2.24) is 4.57 Å². The molecule has 0 saturated carbocycles. The zero-order valence-corrected chi connectivity index (χ0v) is 10.7. The molecule has 3 rings (SSSR count). The summed E-state index contributed by atoms with van der Waals surface area (Å²) in [4.78, 5) is 10.8. The summed E-state index contributed by atoms with van der Waals surface area (Å²) in [5.74, 6) is -2.12. The van der Waals surface area contributed by atoms with E-state index < -0.39 is 11.8 Å². The van der Waals surface area contributed by atoms with Crippen molar-refractivity contribution in [3.05, 3.63) is 65.6 Å². The van der Waals surface area contributed by atoms with Crippen LogP contribution in [0.2, 0.25) is 0 Å². The lowest BCUT2D eigenvalue weighted by Gasteiger charge is -2.06. The van der Waals surface area contributed by atoms with Gasteiger partial charge in [0.2, 0.25) is 0 Å². The van der Waals surface area contributed by atoms with E-state index in [-0.39, 0.29) is 5.56 Å². The quantitative estimate of drug-likeness (QED) is 0.782. The second kappa shape index (κ2) is 4.76. The summed E-state index contributed by atoms with van der Waals surface area (Å²) in [6.45, 7) is 0. The number of benzene rings is 2. The van der Waals surface area contributed by atoms with Gasteiger partial charge in [-0.3, -0.25) is 0 Å². The van der Waals surface area contributed by atoms with Gasteiger partial charge in [-0.15, -0.1) is 0 Å². The van der Waals surface area contributed by atoms with Crippen molar-refractivity contribution in [2.24, 2.45) is 0 Å². The molecule has 4 nitrogen and oxygen atoms in total. The molecular weight excluding hydrogens is 271 g/mol. The Hall–Kier alpha value is -3.13. The SMILES string of the molecule is N#Cc1cn(-c2ccc(C(=O)O)c(F)c2)c2ccccc12. The zero-order chi connectivity index (χ0) is 15.0. The number of hydrogen-bond acceptors (Lipinski definition) is 2. The topological polar surface area (TPSA) is 66.0 Å². The molecule has 21 heavy (non-hydrogen) atoms. The number of nitrogens with zero attached hydrogens (tertiary/aromatic N) is 2. The van der Waals surface area contributed by atoms with Crippen LogP contribution in [-0.4, -0.2) is 15.6 Å². The Labute approximate surface area is 119 Å². The summed E-state index contributed by atoms with van der Waals surface area (Å²) < 4.78 is 15.5. The molecule has 1 aromatic heterocycles. The molecule has 1 N–H and O–H groups in total. The Morgan fingerprint density at radius 1 is 1.24 bits per heavy atom. The minimum atomic E-state index is -1.31. The highest BCUT2D eigenvalue weighted by atomic mass is 19.1. The van der Waals surface area contributed by atoms with Crippen molar-refractivity contribution in [2.45, 2.75) is 0 Å². The van der Waals surface area contributed by atoms with Gasteiger partial charge in [0.1, 0.15) is 11.9 Å². The van der Waals surface area contributed by atoms with E-state index in [9.17, 15) is 9.18 Å². The first-order chi connectivity index (χ1) is 10.1. The number of para-hydroxylation sites is 1. The monoisotopic (exact) mass is 280 g/mol. The third-order valence-electron chi connectivity index (χ3n) is 3.29. The van der Waals surface area contributed by atoms with Crippen LogP contribution in [0.15, 0.2) is 48.7 Å². The molecule has 5 heteroatoms. The molecule has 102 valence electrons. The molecule has 0 aliphatic rings. The maximum atomic E-state index is 13.8. The number of halogens is 1. The van der Waals surface area contributed by atoms with Gasteiger partial charge in [-0.1, -0.05) is 18.2 Å². The second-order valence-electron chi connectivity index (χ2n) is 4.51. The number of aromatic carboxylic acids is 1. The van der Waals surface area contributed by atoms with Crippen molar-refractivity contribution in [2.75, 3.05) is 0 Å². The highest BCUT2D eigenvalue weighted by Crippen LogP contribution is 2.25. The number of aromatic nitrogens is 1. The number of rotatable bonds is 2. The predicted molar refractivity (Wildman–Crippen MR) is 74.9 cm³/mol. The van der Waals surface area contributed by atoms with Crippen molar-refractivity contribution >= 4 is 16.9 Å². The smallest absolute Gasteiger partial charge is 0.338 e. The fourth-order valence-corrected chi connectivity index (χ4v) is 2.31. The number of carbonyl (C=O) groups is 1. The summed E-state index contributed by atoms with van der Waals surface area (Å²) in [6.07, 6.45) is 1.61. The van der Waals surface area contributed by atoms with Gasteiger partial charge in [-0.25, -0.2) is 9.18 Å². The highest BCUT2D eigenvalue weighted by Gasteiger charge is 2.13. The zero-order valence-electron chi connectivity index (χ0n) is 10.7. The Bertz CT molecular complexity index is 906. The van der Waals surface area contributed by atoms with Crippen LogP contribution in [-0.2, 0) is 0 Å². The lowest BCUT2D eigenvalue weighted by molar-refractivity contribution is 0.0692. The van der Waals surface area contributed by atoms with Crippen molar-refractivity contribution in [1.29, 1.82) is 5.26 Å². The van der Waals surface area contributed by atoms with Crippen LogP contribution >= 0.6 is 0 Å². The molecule has 1 heterocycles. The highest BCUT2D eigenvalue weighted by molar-refractivity contribution is 5.89. The molecule has 0 saturated heterocycles. The summed E-state index contributed by atoms with van der Waals surface area (Å²) in [6, 6.07) is 13.2. The van der Waals surface area contributed by atoms with Crippen LogP contribution < -0.4 is 0 Å². The van der Waals surface area contributed by atoms with Crippen LogP contribution in [0.1, 0.15) is 15.9 Å². The molecule has 0 aliphatic carbocycles. The van der Waals surface area contributed by atoms with Gasteiger partial charge in [-0.05, 0) is 24.3 Å². The minimum absolute atomic E-state index is 0.379. The predicted octanol–water partition coefficient (Wildman–Crippen LogP) is 3.34. The number of nitriles is 1. The average molecular weight is 280 g/mol. The van der Waals surface area contributed by atoms with Gasteiger partial charge >= 0.3 is 5.97 Å². The first-order valence-corrected chi connectivity index (χ1v) is 6.15. The van der Waals surface area contributed by atoms with Crippen LogP contribution in [0.3, 0.4) is 0 Å². The Morgan fingerprint density at radius 3 is 2.67 bits per heavy atom. The van der Waals surface area contributed by atoms with E-state index in [1.807, 2.05) is 24.3 Å². The third-order valence-corrected chi connectivity index (χ3v) is 3.29. The van der Waals surface area contributed by atoms with Gasteiger partial charge in [0.25, 0.3) is 0 Å². The number of hydrogen-bond donors (Lipinski definition) is 1. The molecule has 0 bridgehead atoms. The Morgan fingerprint density at radius 2 is 2.00 bits per heavy atom. The van der Waals surface area contributed by atoms with Crippen molar-refractivity contribution in [3.8, 4) is 11.8 Å². The molecule has 0 atom stereocenters. The van der Waals surface area contributed by atoms with Gasteiger partial charge in [-0.2, -0.15) is 5.26 Å². The molecular formula is C16H9FN2O2. The molecule has 2 aromatic carbocycles. The molecule has 0 spiro atoms. The minimum Gasteiger partial charge on any atom is -0.478 e. The molecule has 0 aliphatic heterocycles. The summed E-state index contributed by atoms with van der Waals surface area (Å²) >= 11 is 0. The standard InChI is InChI=1S/C16H9FN2O2/c17-14-7-11(5-6-13(14)16(20)21)19-9-10(8-18)12-3-1-2-4-15(12)19/h1-7,9H,(H,20,21). The second-order valence-corrected chi connectivity index (χ2v) is 4.51. The molecule has 3 aromatic rings.